The van der Waals surface area contributed by atoms with Gasteiger partial charge in [-0.2, -0.15) is 0 Å². The molecule has 1 aliphatic rings. The lowest BCUT2D eigenvalue weighted by Gasteiger charge is -2.35. The molecule has 2 aromatic carbocycles. The second-order valence-corrected chi connectivity index (χ2v) is 8.10. The zero-order chi connectivity index (χ0) is 20.9. The molecule has 154 valence electrons. The molecule has 4 rings (SSSR count). The zero-order valence-electron chi connectivity index (χ0n) is 16.8. The highest BCUT2D eigenvalue weighted by atomic mass is 79.9. The highest BCUT2D eigenvalue weighted by molar-refractivity contribution is 9.10. The predicted molar refractivity (Wildman–Crippen MR) is 121 cm³/mol. The van der Waals surface area contributed by atoms with E-state index in [0.717, 1.165) is 46.0 Å². The minimum atomic E-state index is 0.163. The third kappa shape index (κ3) is 4.79. The summed E-state index contributed by atoms with van der Waals surface area (Å²) in [5.41, 5.74) is 2.81. The molecule has 1 amide bonds. The van der Waals surface area contributed by atoms with Gasteiger partial charge in [-0.25, -0.2) is 0 Å². The lowest BCUT2D eigenvalue weighted by molar-refractivity contribution is -0.130. The highest BCUT2D eigenvalue weighted by Crippen LogP contribution is 2.23. The van der Waals surface area contributed by atoms with Crippen LogP contribution in [0.3, 0.4) is 0 Å². The molecular weight excluding hydrogens is 444 g/mol. The molecule has 0 radical (unpaired) electrons. The number of carbonyl (C=O) groups is 1. The van der Waals surface area contributed by atoms with E-state index in [1.165, 1.54) is 0 Å². The standard InChI is InChI=1S/C23H23BrN4O2/c1-30-20-4-2-3-18(16-20)21-9-10-22(26-25-21)27-11-13-28(14-12-27)23(29)15-17-5-7-19(24)8-6-17/h2-10,16H,11-15H2,1H3. The van der Waals surface area contributed by atoms with Crippen molar-refractivity contribution in [3.05, 3.63) is 70.7 Å². The summed E-state index contributed by atoms with van der Waals surface area (Å²) in [5, 5.41) is 8.79. The van der Waals surface area contributed by atoms with Crippen molar-refractivity contribution in [2.24, 2.45) is 0 Å². The molecule has 0 bridgehead atoms. The van der Waals surface area contributed by atoms with E-state index in [1.54, 1.807) is 7.11 Å². The molecular formula is C23H23BrN4O2. The predicted octanol–water partition coefficient (Wildman–Crippen LogP) is 3.81. The smallest absolute Gasteiger partial charge is 0.227 e. The van der Waals surface area contributed by atoms with Gasteiger partial charge in [-0.3, -0.25) is 4.79 Å². The van der Waals surface area contributed by atoms with E-state index in [1.807, 2.05) is 65.6 Å². The van der Waals surface area contributed by atoms with E-state index in [9.17, 15) is 4.79 Å². The maximum Gasteiger partial charge on any atom is 0.227 e. The van der Waals surface area contributed by atoms with Gasteiger partial charge in [0.25, 0.3) is 0 Å². The Morgan fingerprint density at radius 3 is 2.43 bits per heavy atom. The topological polar surface area (TPSA) is 58.6 Å². The van der Waals surface area contributed by atoms with E-state index < -0.39 is 0 Å². The molecule has 6 nitrogen and oxygen atoms in total. The molecule has 1 aliphatic heterocycles. The molecule has 1 aromatic heterocycles. The van der Waals surface area contributed by atoms with Crippen LogP contribution in [0.1, 0.15) is 5.56 Å². The normalized spacial score (nSPS) is 13.9. The van der Waals surface area contributed by atoms with Gasteiger partial charge >= 0.3 is 0 Å². The van der Waals surface area contributed by atoms with Crippen molar-refractivity contribution in [1.82, 2.24) is 15.1 Å². The van der Waals surface area contributed by atoms with E-state index >= 15 is 0 Å². The van der Waals surface area contributed by atoms with Gasteiger partial charge in [0, 0.05) is 36.2 Å². The van der Waals surface area contributed by atoms with Crippen LogP contribution in [0.25, 0.3) is 11.3 Å². The Labute approximate surface area is 184 Å². The van der Waals surface area contributed by atoms with Gasteiger partial charge in [0.2, 0.25) is 5.91 Å². The van der Waals surface area contributed by atoms with Crippen LogP contribution >= 0.6 is 15.9 Å². The number of nitrogens with zero attached hydrogens (tertiary/aromatic N) is 4. The summed E-state index contributed by atoms with van der Waals surface area (Å²) in [5.74, 6) is 1.79. The molecule has 0 spiro atoms. The van der Waals surface area contributed by atoms with E-state index in [-0.39, 0.29) is 5.91 Å². The number of amides is 1. The van der Waals surface area contributed by atoms with Crippen LogP contribution in [0, 0.1) is 0 Å². The fourth-order valence-corrected chi connectivity index (χ4v) is 3.77. The fraction of sp³-hybridized carbons (Fsp3) is 0.261. The first-order valence-corrected chi connectivity index (χ1v) is 10.7. The maximum atomic E-state index is 12.6. The quantitative estimate of drug-likeness (QED) is 0.572. The Bertz CT molecular complexity index is 1000. The SMILES string of the molecule is COc1cccc(-c2ccc(N3CCN(C(=O)Cc4ccc(Br)cc4)CC3)nn2)c1. The Morgan fingerprint density at radius 2 is 1.77 bits per heavy atom. The number of ether oxygens (including phenoxy) is 1. The van der Waals surface area contributed by atoms with Crippen LogP contribution in [-0.4, -0.2) is 54.3 Å². The summed E-state index contributed by atoms with van der Waals surface area (Å²) in [6, 6.07) is 19.6. The molecule has 1 saturated heterocycles. The minimum Gasteiger partial charge on any atom is -0.497 e. The summed E-state index contributed by atoms with van der Waals surface area (Å²) < 4.78 is 6.30. The summed E-state index contributed by atoms with van der Waals surface area (Å²) in [4.78, 5) is 16.7. The largest absolute Gasteiger partial charge is 0.497 e. The van der Waals surface area contributed by atoms with Crippen LogP contribution in [0.5, 0.6) is 5.75 Å². The Hall–Kier alpha value is -2.93. The first-order chi connectivity index (χ1) is 14.6. The third-order valence-electron chi connectivity index (χ3n) is 5.24. The molecule has 3 aromatic rings. The van der Waals surface area contributed by atoms with Crippen molar-refractivity contribution in [3.8, 4) is 17.0 Å². The van der Waals surface area contributed by atoms with Crippen molar-refractivity contribution in [1.29, 1.82) is 0 Å². The number of hydrogen-bond donors (Lipinski definition) is 0. The molecule has 0 aliphatic carbocycles. The highest BCUT2D eigenvalue weighted by Gasteiger charge is 2.22. The van der Waals surface area contributed by atoms with Crippen molar-refractivity contribution in [3.63, 3.8) is 0 Å². The lowest BCUT2D eigenvalue weighted by atomic mass is 10.1. The number of hydrogen-bond acceptors (Lipinski definition) is 5. The summed E-state index contributed by atoms with van der Waals surface area (Å²) in [7, 11) is 1.65. The second kappa shape index (κ2) is 9.26. The average Bonchev–Trinajstić information content (AvgIpc) is 2.81. The van der Waals surface area contributed by atoms with Gasteiger partial charge in [0.1, 0.15) is 5.75 Å². The first kappa shape index (κ1) is 20.3. The molecule has 2 heterocycles. The maximum absolute atomic E-state index is 12.6. The van der Waals surface area contributed by atoms with E-state index in [4.69, 9.17) is 4.74 Å². The lowest BCUT2D eigenvalue weighted by Crippen LogP contribution is -2.49. The Balaban J connectivity index is 1.34. The molecule has 1 fully saturated rings. The number of piperazine rings is 1. The number of aromatic nitrogens is 2. The van der Waals surface area contributed by atoms with Crippen molar-refractivity contribution in [2.75, 3.05) is 38.2 Å². The third-order valence-corrected chi connectivity index (χ3v) is 5.77. The van der Waals surface area contributed by atoms with Gasteiger partial charge in [-0.1, -0.05) is 40.2 Å². The van der Waals surface area contributed by atoms with Gasteiger partial charge in [-0.05, 0) is 42.0 Å². The van der Waals surface area contributed by atoms with Crippen LogP contribution in [-0.2, 0) is 11.2 Å². The molecule has 30 heavy (non-hydrogen) atoms. The monoisotopic (exact) mass is 466 g/mol. The molecule has 0 unspecified atom stereocenters. The number of methoxy groups -OCH3 is 1. The number of halogens is 1. The number of benzene rings is 2. The fourth-order valence-electron chi connectivity index (χ4n) is 3.50. The van der Waals surface area contributed by atoms with Gasteiger partial charge < -0.3 is 14.5 Å². The minimum absolute atomic E-state index is 0.163. The van der Waals surface area contributed by atoms with Crippen LogP contribution < -0.4 is 9.64 Å². The van der Waals surface area contributed by atoms with Crippen molar-refractivity contribution in [2.45, 2.75) is 6.42 Å². The molecule has 0 N–H and O–H groups in total. The van der Waals surface area contributed by atoms with Crippen molar-refractivity contribution < 1.29 is 9.53 Å². The molecule has 0 atom stereocenters. The Kier molecular flexibility index (Phi) is 6.28. The van der Waals surface area contributed by atoms with Crippen LogP contribution in [0.15, 0.2) is 65.1 Å². The van der Waals surface area contributed by atoms with Crippen molar-refractivity contribution >= 4 is 27.7 Å². The number of rotatable bonds is 5. The van der Waals surface area contributed by atoms with Gasteiger partial charge in [-0.15, -0.1) is 10.2 Å². The summed E-state index contributed by atoms with van der Waals surface area (Å²) in [6.07, 6.45) is 0.433. The number of carbonyl (C=O) groups excluding carboxylic acids is 1. The van der Waals surface area contributed by atoms with E-state index in [2.05, 4.69) is 31.0 Å². The van der Waals surface area contributed by atoms with Gasteiger partial charge in [0.05, 0.1) is 19.2 Å². The van der Waals surface area contributed by atoms with Crippen LogP contribution in [0.2, 0.25) is 0 Å². The van der Waals surface area contributed by atoms with E-state index in [0.29, 0.717) is 19.5 Å². The number of anilines is 1. The molecule has 7 heteroatoms. The molecule has 0 saturated carbocycles. The summed E-state index contributed by atoms with van der Waals surface area (Å²) in [6.45, 7) is 2.88. The first-order valence-electron chi connectivity index (χ1n) is 9.88. The van der Waals surface area contributed by atoms with Gasteiger partial charge in [0.15, 0.2) is 5.82 Å². The van der Waals surface area contributed by atoms with Crippen LogP contribution in [0.4, 0.5) is 5.82 Å². The Morgan fingerprint density at radius 1 is 1.00 bits per heavy atom. The summed E-state index contributed by atoms with van der Waals surface area (Å²) >= 11 is 3.42. The zero-order valence-corrected chi connectivity index (χ0v) is 18.4. The average molecular weight is 467 g/mol. The second-order valence-electron chi connectivity index (χ2n) is 7.18.